The third kappa shape index (κ3) is 3.28. The van der Waals surface area contributed by atoms with Gasteiger partial charge >= 0.3 is 0 Å². The maximum absolute atomic E-state index is 11.8. The van der Waals surface area contributed by atoms with Crippen molar-refractivity contribution in [1.82, 2.24) is 9.88 Å². The molecule has 0 fully saturated rings. The van der Waals surface area contributed by atoms with Gasteiger partial charge in [-0.1, -0.05) is 5.92 Å². The van der Waals surface area contributed by atoms with Crippen LogP contribution in [0.25, 0.3) is 0 Å². The number of carbonyl (C=O) groups is 1. The summed E-state index contributed by atoms with van der Waals surface area (Å²) in [5.41, 5.74) is 6.80. The molecule has 0 spiro atoms. The summed E-state index contributed by atoms with van der Waals surface area (Å²) in [6.07, 6.45) is 6.98. The minimum absolute atomic E-state index is 0.0160. The number of carbonyl (C=O) groups excluding carboxylic acids is 1. The van der Waals surface area contributed by atoms with Crippen LogP contribution in [-0.2, 0) is 11.2 Å². The monoisotopic (exact) mass is 217 g/mol. The molecule has 2 N–H and O–H groups in total. The molecule has 4 heteroatoms. The lowest BCUT2D eigenvalue weighted by atomic mass is 10.2. The molecule has 1 amide bonds. The van der Waals surface area contributed by atoms with E-state index in [0.717, 1.165) is 0 Å². The Hall–Kier alpha value is -2.02. The second-order valence-corrected chi connectivity index (χ2v) is 3.37. The van der Waals surface area contributed by atoms with Gasteiger partial charge in [-0.05, 0) is 19.1 Å². The van der Waals surface area contributed by atoms with E-state index in [2.05, 4.69) is 10.9 Å². The highest BCUT2D eigenvalue weighted by Crippen LogP contribution is 2.03. The number of terminal acetylenes is 1. The predicted octanol–water partition coefficient (Wildman–Crippen LogP) is 0.688. The molecule has 0 radical (unpaired) electrons. The highest BCUT2D eigenvalue weighted by molar-refractivity contribution is 5.78. The van der Waals surface area contributed by atoms with Gasteiger partial charge in [0.1, 0.15) is 0 Å². The molecular weight excluding hydrogens is 202 g/mol. The molecule has 0 bridgehead atoms. The number of likely N-dealkylation sites (N-methyl/N-ethyl adjacent to an activating group) is 1. The highest BCUT2D eigenvalue weighted by Gasteiger charge is 2.11. The van der Waals surface area contributed by atoms with Gasteiger partial charge in [0, 0.05) is 12.2 Å². The summed E-state index contributed by atoms with van der Waals surface area (Å²) in [5, 5.41) is 0. The molecule has 4 nitrogen and oxygen atoms in total. The van der Waals surface area contributed by atoms with E-state index in [9.17, 15) is 4.79 Å². The molecule has 0 aliphatic heterocycles. The van der Waals surface area contributed by atoms with Gasteiger partial charge < -0.3 is 10.6 Å². The fraction of sp³-hybridized carbons (Fsp3) is 0.333. The van der Waals surface area contributed by atoms with Gasteiger partial charge in [-0.3, -0.25) is 9.78 Å². The van der Waals surface area contributed by atoms with Crippen LogP contribution in [0.15, 0.2) is 18.3 Å². The van der Waals surface area contributed by atoms with Crippen LogP contribution in [0, 0.1) is 12.3 Å². The Morgan fingerprint density at radius 3 is 2.88 bits per heavy atom. The molecule has 84 valence electrons. The number of hydrogen-bond donors (Lipinski definition) is 1. The molecule has 0 unspecified atom stereocenters. The summed E-state index contributed by atoms with van der Waals surface area (Å²) >= 11 is 0. The van der Waals surface area contributed by atoms with Gasteiger partial charge in [-0.15, -0.1) is 6.42 Å². The van der Waals surface area contributed by atoms with E-state index in [1.54, 1.807) is 23.2 Å². The van der Waals surface area contributed by atoms with Gasteiger partial charge in [0.15, 0.2) is 0 Å². The van der Waals surface area contributed by atoms with Crippen LogP contribution >= 0.6 is 0 Å². The van der Waals surface area contributed by atoms with E-state index in [1.165, 1.54) is 0 Å². The average molecular weight is 217 g/mol. The minimum atomic E-state index is -0.0160. The Kier molecular flexibility index (Phi) is 4.34. The lowest BCUT2D eigenvalue weighted by Crippen LogP contribution is -2.32. The Bertz CT molecular complexity index is 392. The van der Waals surface area contributed by atoms with E-state index >= 15 is 0 Å². The number of amides is 1. The summed E-state index contributed by atoms with van der Waals surface area (Å²) in [7, 11) is 0. The Balaban J connectivity index is 2.63. The number of nitrogens with zero attached hydrogens (tertiary/aromatic N) is 2. The Morgan fingerprint density at radius 2 is 2.38 bits per heavy atom. The molecule has 1 heterocycles. The summed E-state index contributed by atoms with van der Waals surface area (Å²) in [6.45, 7) is 2.84. The lowest BCUT2D eigenvalue weighted by molar-refractivity contribution is -0.129. The van der Waals surface area contributed by atoms with Crippen molar-refractivity contribution in [3.63, 3.8) is 0 Å². The molecule has 1 aromatic heterocycles. The van der Waals surface area contributed by atoms with Crippen LogP contribution in [0.1, 0.15) is 12.6 Å². The maximum Gasteiger partial charge on any atom is 0.229 e. The number of hydrogen-bond acceptors (Lipinski definition) is 3. The standard InChI is InChI=1S/C12H15N3O/c1-3-7-15(4-2)12(16)8-11-6-5-10(13)9-14-11/h1,5-6,9H,4,7-8,13H2,2H3. The molecule has 0 aliphatic carbocycles. The van der Waals surface area contributed by atoms with Crippen molar-refractivity contribution >= 4 is 11.6 Å². The van der Waals surface area contributed by atoms with Gasteiger partial charge in [0.05, 0.1) is 24.8 Å². The van der Waals surface area contributed by atoms with E-state index in [1.807, 2.05) is 6.92 Å². The fourth-order valence-electron chi connectivity index (χ4n) is 1.29. The zero-order valence-corrected chi connectivity index (χ0v) is 9.31. The Labute approximate surface area is 95.5 Å². The number of pyridine rings is 1. The molecule has 0 atom stereocenters. The summed E-state index contributed by atoms with van der Waals surface area (Å²) in [4.78, 5) is 17.5. The van der Waals surface area contributed by atoms with Crippen LogP contribution in [-0.4, -0.2) is 28.9 Å². The van der Waals surface area contributed by atoms with Gasteiger partial charge in [-0.2, -0.15) is 0 Å². The first-order chi connectivity index (χ1) is 7.67. The first-order valence-corrected chi connectivity index (χ1v) is 5.09. The molecule has 1 aromatic rings. The number of aromatic nitrogens is 1. The topological polar surface area (TPSA) is 59.2 Å². The van der Waals surface area contributed by atoms with Crippen molar-refractivity contribution in [3.05, 3.63) is 24.0 Å². The quantitative estimate of drug-likeness (QED) is 0.755. The first kappa shape index (κ1) is 12.1. The normalized spacial score (nSPS) is 9.50. The molecule has 1 rings (SSSR count). The van der Waals surface area contributed by atoms with Gasteiger partial charge in [0.25, 0.3) is 0 Å². The van der Waals surface area contributed by atoms with Gasteiger partial charge in [0.2, 0.25) is 5.91 Å². The number of anilines is 1. The van der Waals surface area contributed by atoms with E-state index < -0.39 is 0 Å². The second kappa shape index (κ2) is 5.76. The first-order valence-electron chi connectivity index (χ1n) is 5.09. The van der Waals surface area contributed by atoms with Crippen LogP contribution in [0.3, 0.4) is 0 Å². The van der Waals surface area contributed by atoms with Crippen molar-refractivity contribution in [1.29, 1.82) is 0 Å². The van der Waals surface area contributed by atoms with E-state index in [-0.39, 0.29) is 12.3 Å². The van der Waals surface area contributed by atoms with Crippen LogP contribution in [0.4, 0.5) is 5.69 Å². The smallest absolute Gasteiger partial charge is 0.229 e. The largest absolute Gasteiger partial charge is 0.397 e. The van der Waals surface area contributed by atoms with Crippen LogP contribution in [0.2, 0.25) is 0 Å². The van der Waals surface area contributed by atoms with Crippen LogP contribution < -0.4 is 5.73 Å². The molecule has 0 aromatic carbocycles. The summed E-state index contributed by atoms with van der Waals surface area (Å²) in [5.74, 6) is 2.44. The number of nitrogens with two attached hydrogens (primary N) is 1. The third-order valence-electron chi connectivity index (χ3n) is 2.20. The van der Waals surface area contributed by atoms with Crippen LogP contribution in [0.5, 0.6) is 0 Å². The summed E-state index contributed by atoms with van der Waals surface area (Å²) in [6, 6.07) is 3.48. The highest BCUT2D eigenvalue weighted by atomic mass is 16.2. The van der Waals surface area contributed by atoms with Crippen molar-refractivity contribution in [2.45, 2.75) is 13.3 Å². The van der Waals surface area contributed by atoms with Gasteiger partial charge in [-0.25, -0.2) is 0 Å². The molecule has 0 aliphatic rings. The molecular formula is C12H15N3O. The van der Waals surface area contributed by atoms with Crippen molar-refractivity contribution in [2.75, 3.05) is 18.8 Å². The van der Waals surface area contributed by atoms with E-state index in [0.29, 0.717) is 24.5 Å². The number of rotatable bonds is 4. The second-order valence-electron chi connectivity index (χ2n) is 3.37. The van der Waals surface area contributed by atoms with Crippen molar-refractivity contribution in [2.24, 2.45) is 0 Å². The molecule has 16 heavy (non-hydrogen) atoms. The van der Waals surface area contributed by atoms with Crippen molar-refractivity contribution in [3.8, 4) is 12.3 Å². The minimum Gasteiger partial charge on any atom is -0.397 e. The maximum atomic E-state index is 11.8. The SMILES string of the molecule is C#CCN(CC)C(=O)Cc1ccc(N)cn1. The zero-order chi connectivity index (χ0) is 12.0. The third-order valence-corrected chi connectivity index (χ3v) is 2.20. The predicted molar refractivity (Wildman–Crippen MR) is 63.4 cm³/mol. The summed E-state index contributed by atoms with van der Waals surface area (Å²) < 4.78 is 0. The van der Waals surface area contributed by atoms with Crippen molar-refractivity contribution < 1.29 is 4.79 Å². The number of nitrogen functional groups attached to an aromatic ring is 1. The zero-order valence-electron chi connectivity index (χ0n) is 9.31. The fourth-order valence-corrected chi connectivity index (χ4v) is 1.29. The average Bonchev–Trinajstić information content (AvgIpc) is 2.29. The Morgan fingerprint density at radius 1 is 1.62 bits per heavy atom. The lowest BCUT2D eigenvalue weighted by Gasteiger charge is -2.17. The molecule has 0 saturated heterocycles. The van der Waals surface area contributed by atoms with E-state index in [4.69, 9.17) is 12.2 Å². The molecule has 0 saturated carbocycles.